The Bertz CT molecular complexity index is 431. The first-order valence-corrected chi connectivity index (χ1v) is 6.96. The number of hydrogen-bond acceptors (Lipinski definition) is 3. The fourth-order valence-corrected chi connectivity index (χ4v) is 2.60. The monoisotopic (exact) mass is 260 g/mol. The molecule has 0 saturated carbocycles. The minimum Gasteiger partial charge on any atom is -0.496 e. The van der Waals surface area contributed by atoms with Gasteiger partial charge in [-0.15, -0.1) is 6.58 Å². The standard InChI is InChI=1S/C16H24N2O/c1-4-5-15-10-14(6-7-16(15)19-3)12-18-9-8-17-11-13(18)2/h4,6-7,10,13,17H,1,5,8-9,11-12H2,2-3H3/t13-/m0/s1. The van der Waals surface area contributed by atoms with Crippen LogP contribution >= 0.6 is 0 Å². The molecule has 1 aliphatic rings. The van der Waals surface area contributed by atoms with Crippen LogP contribution in [0.3, 0.4) is 0 Å². The van der Waals surface area contributed by atoms with E-state index in [1.807, 2.05) is 6.08 Å². The van der Waals surface area contributed by atoms with E-state index in [4.69, 9.17) is 4.74 Å². The molecule has 0 aliphatic carbocycles. The van der Waals surface area contributed by atoms with Crippen molar-refractivity contribution < 1.29 is 4.74 Å². The van der Waals surface area contributed by atoms with Crippen LogP contribution in [-0.4, -0.2) is 37.7 Å². The van der Waals surface area contributed by atoms with Gasteiger partial charge >= 0.3 is 0 Å². The molecule has 0 spiro atoms. The van der Waals surface area contributed by atoms with Gasteiger partial charge in [0.25, 0.3) is 0 Å². The summed E-state index contributed by atoms with van der Waals surface area (Å²) in [7, 11) is 1.72. The molecule has 0 aromatic heterocycles. The number of methoxy groups -OCH3 is 1. The zero-order valence-electron chi connectivity index (χ0n) is 12.0. The minimum atomic E-state index is 0.596. The number of hydrogen-bond donors (Lipinski definition) is 1. The Balaban J connectivity index is 2.11. The lowest BCUT2D eigenvalue weighted by atomic mass is 10.1. The number of nitrogens with one attached hydrogen (secondary N) is 1. The normalized spacial score (nSPS) is 20.2. The maximum atomic E-state index is 5.39. The van der Waals surface area contributed by atoms with Crippen LogP contribution in [0.2, 0.25) is 0 Å². The molecule has 1 heterocycles. The molecule has 19 heavy (non-hydrogen) atoms. The van der Waals surface area contributed by atoms with Gasteiger partial charge in [-0.1, -0.05) is 18.2 Å². The zero-order valence-corrected chi connectivity index (χ0v) is 12.0. The van der Waals surface area contributed by atoms with Crippen molar-refractivity contribution in [1.82, 2.24) is 10.2 Å². The van der Waals surface area contributed by atoms with E-state index >= 15 is 0 Å². The second-order valence-corrected chi connectivity index (χ2v) is 5.16. The number of piperazine rings is 1. The number of ether oxygens (including phenoxy) is 1. The topological polar surface area (TPSA) is 24.5 Å². The van der Waals surface area contributed by atoms with Crippen LogP contribution in [0.1, 0.15) is 18.1 Å². The van der Waals surface area contributed by atoms with Crippen LogP contribution in [0.25, 0.3) is 0 Å². The summed E-state index contributed by atoms with van der Waals surface area (Å²) < 4.78 is 5.39. The molecule has 0 bridgehead atoms. The molecule has 2 rings (SSSR count). The molecule has 3 nitrogen and oxygen atoms in total. The summed E-state index contributed by atoms with van der Waals surface area (Å²) >= 11 is 0. The van der Waals surface area contributed by atoms with Gasteiger partial charge in [-0.3, -0.25) is 4.90 Å². The second-order valence-electron chi connectivity index (χ2n) is 5.16. The smallest absolute Gasteiger partial charge is 0.122 e. The number of allylic oxidation sites excluding steroid dienone is 1. The minimum absolute atomic E-state index is 0.596. The average Bonchev–Trinajstić information content (AvgIpc) is 2.42. The maximum absolute atomic E-state index is 5.39. The van der Waals surface area contributed by atoms with Crippen molar-refractivity contribution in [2.24, 2.45) is 0 Å². The van der Waals surface area contributed by atoms with E-state index in [-0.39, 0.29) is 0 Å². The Kier molecular flexibility index (Phi) is 5.00. The first-order valence-electron chi connectivity index (χ1n) is 6.96. The summed E-state index contributed by atoms with van der Waals surface area (Å²) in [6.45, 7) is 10.4. The van der Waals surface area contributed by atoms with Gasteiger partial charge in [0.1, 0.15) is 5.75 Å². The van der Waals surface area contributed by atoms with Gasteiger partial charge < -0.3 is 10.1 Å². The summed E-state index contributed by atoms with van der Waals surface area (Å²) in [5.41, 5.74) is 2.57. The van der Waals surface area contributed by atoms with E-state index < -0.39 is 0 Å². The van der Waals surface area contributed by atoms with Crippen molar-refractivity contribution in [2.75, 3.05) is 26.7 Å². The van der Waals surface area contributed by atoms with Gasteiger partial charge in [0.2, 0.25) is 0 Å². The molecule has 0 unspecified atom stereocenters. The second kappa shape index (κ2) is 6.73. The van der Waals surface area contributed by atoms with Crippen LogP contribution in [0.5, 0.6) is 5.75 Å². The molecule has 1 aromatic rings. The van der Waals surface area contributed by atoms with Crippen molar-refractivity contribution in [1.29, 1.82) is 0 Å². The summed E-state index contributed by atoms with van der Waals surface area (Å²) in [6.07, 6.45) is 2.78. The first-order chi connectivity index (χ1) is 9.24. The molecular formula is C16H24N2O. The Morgan fingerprint density at radius 3 is 3.05 bits per heavy atom. The SMILES string of the molecule is C=CCc1cc(CN2CCNC[C@@H]2C)ccc1OC. The lowest BCUT2D eigenvalue weighted by Gasteiger charge is -2.34. The molecule has 1 N–H and O–H groups in total. The van der Waals surface area contributed by atoms with E-state index in [0.29, 0.717) is 6.04 Å². The van der Waals surface area contributed by atoms with Gasteiger partial charge in [0.15, 0.2) is 0 Å². The predicted molar refractivity (Wildman–Crippen MR) is 79.6 cm³/mol. The fourth-order valence-electron chi connectivity index (χ4n) is 2.60. The third-order valence-electron chi connectivity index (χ3n) is 3.73. The molecular weight excluding hydrogens is 236 g/mol. The molecule has 0 amide bonds. The van der Waals surface area contributed by atoms with Crippen molar-refractivity contribution in [2.45, 2.75) is 25.9 Å². The molecule has 1 saturated heterocycles. The first kappa shape index (κ1) is 14.1. The third-order valence-corrected chi connectivity index (χ3v) is 3.73. The highest BCUT2D eigenvalue weighted by atomic mass is 16.5. The van der Waals surface area contributed by atoms with E-state index in [1.165, 1.54) is 11.1 Å². The Hall–Kier alpha value is -1.32. The molecule has 1 fully saturated rings. The average molecular weight is 260 g/mol. The van der Waals surface area contributed by atoms with Gasteiger partial charge in [-0.05, 0) is 30.5 Å². The molecule has 1 atom stereocenters. The van der Waals surface area contributed by atoms with Gasteiger partial charge in [0.05, 0.1) is 7.11 Å². The zero-order chi connectivity index (χ0) is 13.7. The van der Waals surface area contributed by atoms with E-state index in [2.05, 4.69) is 41.9 Å². The Morgan fingerprint density at radius 2 is 2.37 bits per heavy atom. The largest absolute Gasteiger partial charge is 0.496 e. The fraction of sp³-hybridized carbons (Fsp3) is 0.500. The van der Waals surface area contributed by atoms with Gasteiger partial charge in [-0.2, -0.15) is 0 Å². The Labute approximate surface area is 116 Å². The van der Waals surface area contributed by atoms with E-state index in [1.54, 1.807) is 7.11 Å². The maximum Gasteiger partial charge on any atom is 0.122 e. The number of rotatable bonds is 5. The number of benzene rings is 1. The summed E-state index contributed by atoms with van der Waals surface area (Å²) in [6, 6.07) is 7.08. The summed E-state index contributed by atoms with van der Waals surface area (Å²) in [4.78, 5) is 2.52. The van der Waals surface area contributed by atoms with Crippen LogP contribution in [0.4, 0.5) is 0 Å². The predicted octanol–water partition coefficient (Wildman–Crippen LogP) is 2.22. The molecule has 1 aromatic carbocycles. The lowest BCUT2D eigenvalue weighted by Crippen LogP contribution is -2.49. The van der Waals surface area contributed by atoms with Crippen molar-refractivity contribution in [3.05, 3.63) is 42.0 Å². The number of nitrogens with zero attached hydrogens (tertiary/aromatic N) is 1. The van der Waals surface area contributed by atoms with Crippen LogP contribution in [-0.2, 0) is 13.0 Å². The van der Waals surface area contributed by atoms with Crippen LogP contribution in [0.15, 0.2) is 30.9 Å². The molecule has 1 aliphatic heterocycles. The Morgan fingerprint density at radius 1 is 1.53 bits per heavy atom. The summed E-state index contributed by atoms with van der Waals surface area (Å²) in [5, 5.41) is 3.43. The third kappa shape index (κ3) is 3.58. The van der Waals surface area contributed by atoms with Crippen molar-refractivity contribution >= 4 is 0 Å². The van der Waals surface area contributed by atoms with Crippen LogP contribution in [0, 0.1) is 0 Å². The highest BCUT2D eigenvalue weighted by Gasteiger charge is 2.18. The molecule has 104 valence electrons. The highest BCUT2D eigenvalue weighted by Crippen LogP contribution is 2.22. The molecule has 3 heteroatoms. The van der Waals surface area contributed by atoms with Crippen LogP contribution < -0.4 is 10.1 Å². The highest BCUT2D eigenvalue weighted by molar-refractivity contribution is 5.38. The molecule has 0 radical (unpaired) electrons. The van der Waals surface area contributed by atoms with Gasteiger partial charge in [-0.25, -0.2) is 0 Å². The van der Waals surface area contributed by atoms with Crippen molar-refractivity contribution in [3.63, 3.8) is 0 Å². The van der Waals surface area contributed by atoms with E-state index in [0.717, 1.165) is 38.3 Å². The van der Waals surface area contributed by atoms with Crippen molar-refractivity contribution in [3.8, 4) is 5.75 Å². The summed E-state index contributed by atoms with van der Waals surface area (Å²) in [5.74, 6) is 0.956. The van der Waals surface area contributed by atoms with Gasteiger partial charge in [0, 0.05) is 32.2 Å². The van der Waals surface area contributed by atoms with E-state index in [9.17, 15) is 0 Å². The quantitative estimate of drug-likeness (QED) is 0.822. The lowest BCUT2D eigenvalue weighted by molar-refractivity contribution is 0.165.